The fourth-order valence-electron chi connectivity index (χ4n) is 2.98. The molecule has 0 aliphatic carbocycles. The number of rotatable bonds is 5. The second-order valence-electron chi connectivity index (χ2n) is 6.38. The van der Waals surface area contributed by atoms with Gasteiger partial charge in [0.1, 0.15) is 0 Å². The van der Waals surface area contributed by atoms with Crippen LogP contribution in [0.25, 0.3) is 0 Å². The largest absolute Gasteiger partial charge is 0.466 e. The third-order valence-corrected chi connectivity index (χ3v) is 4.44. The van der Waals surface area contributed by atoms with E-state index >= 15 is 0 Å². The predicted molar refractivity (Wildman–Crippen MR) is 97.2 cm³/mol. The van der Waals surface area contributed by atoms with Crippen LogP contribution in [0.4, 0.5) is 13.2 Å². The molecule has 5 nitrogen and oxygen atoms in total. The van der Waals surface area contributed by atoms with E-state index in [1.54, 1.807) is 6.92 Å². The lowest BCUT2D eigenvalue weighted by Gasteiger charge is -2.33. The molecular formula is C19H26F3N3O2. The fraction of sp³-hybridized carbons (Fsp3) is 0.579. The van der Waals surface area contributed by atoms with Gasteiger partial charge in [-0.2, -0.15) is 13.2 Å². The molecule has 0 spiro atoms. The lowest BCUT2D eigenvalue weighted by Crippen LogP contribution is -2.46. The number of likely N-dealkylation sites (tertiary alicyclic amines) is 1. The summed E-state index contributed by atoms with van der Waals surface area (Å²) in [5, 5.41) is 3.21. The topological polar surface area (TPSA) is 53.9 Å². The van der Waals surface area contributed by atoms with E-state index in [-0.39, 0.29) is 18.4 Å². The van der Waals surface area contributed by atoms with E-state index in [0.717, 1.165) is 12.1 Å². The highest BCUT2D eigenvalue weighted by Crippen LogP contribution is 2.29. The Morgan fingerprint density at radius 2 is 1.85 bits per heavy atom. The molecule has 1 fully saturated rings. The number of halogens is 3. The van der Waals surface area contributed by atoms with Gasteiger partial charge in [0, 0.05) is 19.6 Å². The Morgan fingerprint density at radius 1 is 1.22 bits per heavy atom. The zero-order valence-corrected chi connectivity index (χ0v) is 15.7. The Hall–Kier alpha value is -2.25. The maximum atomic E-state index is 12.6. The van der Waals surface area contributed by atoms with Crippen LogP contribution in [-0.2, 0) is 22.3 Å². The summed E-state index contributed by atoms with van der Waals surface area (Å²) < 4.78 is 43.0. The molecule has 0 aromatic heterocycles. The molecular weight excluding hydrogens is 359 g/mol. The lowest BCUT2D eigenvalue weighted by molar-refractivity contribution is -0.149. The number of benzene rings is 1. The number of nitrogens with zero attached hydrogens (tertiary/aromatic N) is 2. The van der Waals surface area contributed by atoms with Gasteiger partial charge in [-0.25, -0.2) is 4.99 Å². The third kappa shape index (κ3) is 6.15. The maximum absolute atomic E-state index is 12.6. The number of carbonyl (C=O) groups is 1. The Balaban J connectivity index is 1.97. The van der Waals surface area contributed by atoms with E-state index < -0.39 is 11.7 Å². The number of piperidine rings is 1. The van der Waals surface area contributed by atoms with Crippen LogP contribution >= 0.6 is 0 Å². The second-order valence-corrected chi connectivity index (χ2v) is 6.38. The second kappa shape index (κ2) is 9.62. The zero-order chi connectivity index (χ0) is 19.9. The maximum Gasteiger partial charge on any atom is 0.416 e. The van der Waals surface area contributed by atoms with Crippen LogP contribution in [0.1, 0.15) is 37.8 Å². The fourth-order valence-corrected chi connectivity index (χ4v) is 2.98. The van der Waals surface area contributed by atoms with Crippen molar-refractivity contribution in [1.29, 1.82) is 0 Å². The summed E-state index contributed by atoms with van der Waals surface area (Å²) >= 11 is 0. The SMILES string of the molecule is CCNC(=NCc1ccc(C(F)(F)F)cc1)N1CCC(C(=O)OCC)CC1. The molecule has 1 aliphatic rings. The van der Waals surface area contributed by atoms with Crippen molar-refractivity contribution in [1.82, 2.24) is 10.2 Å². The predicted octanol–water partition coefficient (Wildman–Crippen LogP) is 3.45. The van der Waals surface area contributed by atoms with Crippen molar-refractivity contribution in [2.75, 3.05) is 26.2 Å². The smallest absolute Gasteiger partial charge is 0.416 e. The number of hydrogen-bond acceptors (Lipinski definition) is 3. The molecule has 0 bridgehead atoms. The average Bonchev–Trinajstić information content (AvgIpc) is 2.65. The van der Waals surface area contributed by atoms with Gasteiger partial charge in [-0.3, -0.25) is 4.79 Å². The van der Waals surface area contributed by atoms with Crippen LogP contribution < -0.4 is 5.32 Å². The summed E-state index contributed by atoms with van der Waals surface area (Å²) in [5.41, 5.74) is 0.0444. The highest BCUT2D eigenvalue weighted by atomic mass is 19.4. The van der Waals surface area contributed by atoms with Crippen LogP contribution in [0, 0.1) is 5.92 Å². The molecule has 27 heavy (non-hydrogen) atoms. The summed E-state index contributed by atoms with van der Waals surface area (Å²) in [6.45, 7) is 6.48. The highest BCUT2D eigenvalue weighted by Gasteiger charge is 2.30. The average molecular weight is 385 g/mol. The number of esters is 1. The van der Waals surface area contributed by atoms with Crippen LogP contribution in [0.5, 0.6) is 0 Å². The number of ether oxygens (including phenoxy) is 1. The number of guanidine groups is 1. The molecule has 1 N–H and O–H groups in total. The first kappa shape index (κ1) is 21.1. The highest BCUT2D eigenvalue weighted by molar-refractivity contribution is 5.80. The quantitative estimate of drug-likeness (QED) is 0.479. The summed E-state index contributed by atoms with van der Waals surface area (Å²) in [6.07, 6.45) is -2.94. The van der Waals surface area contributed by atoms with Crippen molar-refractivity contribution in [2.45, 2.75) is 39.4 Å². The van der Waals surface area contributed by atoms with E-state index in [4.69, 9.17) is 4.74 Å². The van der Waals surface area contributed by atoms with Gasteiger partial charge in [-0.15, -0.1) is 0 Å². The standard InChI is InChI=1S/C19H26F3N3O2/c1-3-23-18(25-11-9-15(10-12-25)17(26)27-4-2)24-13-14-5-7-16(8-6-14)19(20,21)22/h5-8,15H,3-4,9-13H2,1-2H3,(H,23,24). The monoisotopic (exact) mass is 385 g/mol. The molecule has 1 aromatic carbocycles. The molecule has 0 radical (unpaired) electrons. The van der Waals surface area contributed by atoms with Crippen molar-refractivity contribution in [3.05, 3.63) is 35.4 Å². The first-order valence-electron chi connectivity index (χ1n) is 9.21. The molecule has 150 valence electrons. The van der Waals surface area contributed by atoms with Crippen LogP contribution in [0.2, 0.25) is 0 Å². The van der Waals surface area contributed by atoms with Crippen LogP contribution in [-0.4, -0.2) is 43.1 Å². The van der Waals surface area contributed by atoms with Crippen molar-refractivity contribution in [3.8, 4) is 0 Å². The van der Waals surface area contributed by atoms with Gasteiger partial charge in [0.25, 0.3) is 0 Å². The van der Waals surface area contributed by atoms with E-state index in [9.17, 15) is 18.0 Å². The molecule has 0 amide bonds. The minimum Gasteiger partial charge on any atom is -0.466 e. The Kier molecular flexibility index (Phi) is 7.50. The van der Waals surface area contributed by atoms with Crippen molar-refractivity contribution < 1.29 is 22.7 Å². The van der Waals surface area contributed by atoms with Gasteiger partial charge in [0.2, 0.25) is 0 Å². The van der Waals surface area contributed by atoms with Crippen molar-refractivity contribution in [2.24, 2.45) is 10.9 Å². The van der Waals surface area contributed by atoms with Gasteiger partial charge >= 0.3 is 12.1 Å². The molecule has 1 aliphatic heterocycles. The van der Waals surface area contributed by atoms with E-state index in [1.165, 1.54) is 12.1 Å². The third-order valence-electron chi connectivity index (χ3n) is 4.44. The molecule has 8 heteroatoms. The number of hydrogen-bond donors (Lipinski definition) is 1. The van der Waals surface area contributed by atoms with Crippen LogP contribution in [0.15, 0.2) is 29.3 Å². The Morgan fingerprint density at radius 3 is 2.37 bits per heavy atom. The van der Waals surface area contributed by atoms with Gasteiger partial charge in [-0.1, -0.05) is 12.1 Å². The zero-order valence-electron chi connectivity index (χ0n) is 15.7. The molecule has 2 rings (SSSR count). The summed E-state index contributed by atoms with van der Waals surface area (Å²) in [7, 11) is 0. The molecule has 1 saturated heterocycles. The minimum absolute atomic E-state index is 0.0843. The molecule has 0 atom stereocenters. The minimum atomic E-state index is -4.33. The van der Waals surface area contributed by atoms with E-state index in [2.05, 4.69) is 15.2 Å². The van der Waals surface area contributed by atoms with Gasteiger partial charge in [0.05, 0.1) is 24.6 Å². The first-order chi connectivity index (χ1) is 12.8. The number of alkyl halides is 3. The lowest BCUT2D eigenvalue weighted by atomic mass is 9.97. The summed E-state index contributed by atoms with van der Waals surface area (Å²) in [5.74, 6) is 0.475. The molecule has 1 heterocycles. The van der Waals surface area contributed by atoms with Gasteiger partial charge in [0.15, 0.2) is 5.96 Å². The Labute approximate surface area is 157 Å². The molecule has 1 aromatic rings. The molecule has 0 saturated carbocycles. The van der Waals surface area contributed by atoms with E-state index in [1.807, 2.05) is 6.92 Å². The number of nitrogens with one attached hydrogen (secondary N) is 1. The first-order valence-corrected chi connectivity index (χ1v) is 9.21. The summed E-state index contributed by atoms with van der Waals surface area (Å²) in [4.78, 5) is 18.5. The number of carbonyl (C=O) groups excluding carboxylic acids is 1. The van der Waals surface area contributed by atoms with Crippen LogP contribution in [0.3, 0.4) is 0 Å². The molecule has 0 unspecified atom stereocenters. The van der Waals surface area contributed by atoms with E-state index in [0.29, 0.717) is 50.6 Å². The number of aliphatic imine (C=N–C) groups is 1. The van der Waals surface area contributed by atoms with Gasteiger partial charge in [-0.05, 0) is 44.4 Å². The van der Waals surface area contributed by atoms with Gasteiger partial charge < -0.3 is 15.0 Å². The normalized spacial score (nSPS) is 16.3. The van der Waals surface area contributed by atoms with Crippen molar-refractivity contribution in [3.63, 3.8) is 0 Å². The Bertz CT molecular complexity index is 637. The van der Waals surface area contributed by atoms with Crippen molar-refractivity contribution >= 4 is 11.9 Å². The summed E-state index contributed by atoms with van der Waals surface area (Å²) in [6, 6.07) is 5.04.